The van der Waals surface area contributed by atoms with Crippen LogP contribution in [0, 0.1) is 11.8 Å². The Morgan fingerprint density at radius 3 is 2.44 bits per heavy atom. The van der Waals surface area contributed by atoms with E-state index in [1.165, 1.54) is 32.2 Å². The van der Waals surface area contributed by atoms with Gasteiger partial charge in [0.2, 0.25) is 0 Å². The summed E-state index contributed by atoms with van der Waals surface area (Å²) in [5.74, 6) is 1.73. The van der Waals surface area contributed by atoms with E-state index in [4.69, 9.17) is 10.5 Å². The fraction of sp³-hybridized carbons (Fsp3) is 1.00. The van der Waals surface area contributed by atoms with Crippen molar-refractivity contribution in [3.8, 4) is 0 Å². The lowest BCUT2D eigenvalue weighted by molar-refractivity contribution is 0.0276. The minimum atomic E-state index is 0.592. The maximum absolute atomic E-state index is 5.99. The van der Waals surface area contributed by atoms with Crippen LogP contribution in [0.5, 0.6) is 0 Å². The molecule has 2 fully saturated rings. The number of nitrogens with zero attached hydrogens (tertiary/aromatic N) is 1. The smallest absolute Gasteiger partial charge is 0.0469 e. The van der Waals surface area contributed by atoms with Crippen molar-refractivity contribution >= 4 is 0 Å². The second-order valence-corrected chi connectivity index (χ2v) is 5.28. The monoisotopic (exact) mass is 226 g/mol. The van der Waals surface area contributed by atoms with Gasteiger partial charge in [0.05, 0.1) is 0 Å². The first-order valence-corrected chi connectivity index (χ1v) is 6.87. The minimum absolute atomic E-state index is 0.592. The molecule has 1 aliphatic heterocycles. The highest BCUT2D eigenvalue weighted by Crippen LogP contribution is 2.32. The first-order chi connectivity index (χ1) is 7.85. The molecule has 0 aromatic carbocycles. The average Bonchev–Trinajstić information content (AvgIpc) is 3.14. The molecule has 0 aromatic heterocycles. The maximum Gasteiger partial charge on any atom is 0.0469 e. The number of likely N-dealkylation sites (N-methyl/N-ethyl adjacent to an activating group) is 1. The summed E-state index contributed by atoms with van der Waals surface area (Å²) in [5.41, 5.74) is 5.99. The third-order valence-electron chi connectivity index (χ3n) is 4.12. The molecule has 2 N–H and O–H groups in total. The van der Waals surface area contributed by atoms with E-state index in [-0.39, 0.29) is 0 Å². The fourth-order valence-electron chi connectivity index (χ4n) is 2.87. The van der Waals surface area contributed by atoms with Crippen LogP contribution in [0.3, 0.4) is 0 Å². The molecule has 2 rings (SSSR count). The van der Waals surface area contributed by atoms with Crippen LogP contribution in [0.25, 0.3) is 0 Å². The van der Waals surface area contributed by atoms with E-state index < -0.39 is 0 Å². The molecule has 16 heavy (non-hydrogen) atoms. The third-order valence-corrected chi connectivity index (χ3v) is 4.12. The molecule has 0 aromatic rings. The largest absolute Gasteiger partial charge is 0.381 e. The van der Waals surface area contributed by atoms with Crippen molar-refractivity contribution in [2.24, 2.45) is 17.6 Å². The molecule has 3 nitrogen and oxygen atoms in total. The van der Waals surface area contributed by atoms with Crippen LogP contribution >= 0.6 is 0 Å². The highest BCUT2D eigenvalue weighted by molar-refractivity contribution is 4.85. The van der Waals surface area contributed by atoms with E-state index in [0.29, 0.717) is 6.04 Å². The Morgan fingerprint density at radius 2 is 1.94 bits per heavy atom. The summed E-state index contributed by atoms with van der Waals surface area (Å²) < 4.78 is 5.44. The lowest BCUT2D eigenvalue weighted by Gasteiger charge is -2.37. The molecule has 94 valence electrons. The second kappa shape index (κ2) is 5.99. The lowest BCUT2D eigenvalue weighted by atomic mass is 9.90. The Morgan fingerprint density at radius 1 is 1.25 bits per heavy atom. The summed E-state index contributed by atoms with van der Waals surface area (Å²) in [5, 5.41) is 0. The van der Waals surface area contributed by atoms with Crippen molar-refractivity contribution in [1.29, 1.82) is 0 Å². The van der Waals surface area contributed by atoms with E-state index in [0.717, 1.165) is 38.1 Å². The number of ether oxygens (including phenoxy) is 1. The molecule has 0 bridgehead atoms. The number of rotatable bonds is 6. The van der Waals surface area contributed by atoms with Gasteiger partial charge in [-0.1, -0.05) is 6.92 Å². The van der Waals surface area contributed by atoms with Crippen molar-refractivity contribution in [2.75, 3.05) is 32.8 Å². The van der Waals surface area contributed by atoms with Crippen LogP contribution in [-0.2, 0) is 4.74 Å². The maximum atomic E-state index is 5.99. The van der Waals surface area contributed by atoms with Gasteiger partial charge in [-0.05, 0) is 44.1 Å². The average molecular weight is 226 g/mol. The Labute approximate surface area is 99.3 Å². The van der Waals surface area contributed by atoms with Crippen molar-refractivity contribution < 1.29 is 4.74 Å². The molecule has 1 heterocycles. The summed E-state index contributed by atoms with van der Waals surface area (Å²) in [6, 6.07) is 0.592. The third kappa shape index (κ3) is 3.19. The molecule has 0 radical (unpaired) electrons. The van der Waals surface area contributed by atoms with E-state index in [1.54, 1.807) is 0 Å². The molecule has 1 unspecified atom stereocenters. The molecule has 1 saturated carbocycles. The van der Waals surface area contributed by atoms with Gasteiger partial charge < -0.3 is 10.5 Å². The second-order valence-electron chi connectivity index (χ2n) is 5.28. The normalized spacial score (nSPS) is 24.9. The molecule has 1 aliphatic carbocycles. The molecule has 1 saturated heterocycles. The quantitative estimate of drug-likeness (QED) is 0.745. The molecule has 3 heteroatoms. The van der Waals surface area contributed by atoms with E-state index >= 15 is 0 Å². The summed E-state index contributed by atoms with van der Waals surface area (Å²) in [7, 11) is 0. The molecule has 1 atom stereocenters. The van der Waals surface area contributed by atoms with Crippen molar-refractivity contribution in [1.82, 2.24) is 4.90 Å². The number of hydrogen-bond donors (Lipinski definition) is 1. The molecule has 0 spiro atoms. The van der Waals surface area contributed by atoms with Crippen LogP contribution in [0.2, 0.25) is 0 Å². The first kappa shape index (κ1) is 12.3. The van der Waals surface area contributed by atoms with Gasteiger partial charge in [0, 0.05) is 32.3 Å². The van der Waals surface area contributed by atoms with Crippen molar-refractivity contribution in [2.45, 2.75) is 38.6 Å². The van der Waals surface area contributed by atoms with Gasteiger partial charge in [-0.3, -0.25) is 4.90 Å². The van der Waals surface area contributed by atoms with Gasteiger partial charge in [0.25, 0.3) is 0 Å². The standard InChI is InChI=1S/C13H26N2O/c1-2-15(10-11-3-4-11)13(9-14)12-5-7-16-8-6-12/h11-13H,2-10,14H2,1H3. The highest BCUT2D eigenvalue weighted by Gasteiger charge is 2.31. The van der Waals surface area contributed by atoms with Crippen LogP contribution < -0.4 is 5.73 Å². The Kier molecular flexibility index (Phi) is 4.62. The summed E-state index contributed by atoms with van der Waals surface area (Å²) in [6.45, 7) is 7.37. The van der Waals surface area contributed by atoms with E-state index in [9.17, 15) is 0 Å². The zero-order chi connectivity index (χ0) is 11.4. The van der Waals surface area contributed by atoms with Gasteiger partial charge in [0.15, 0.2) is 0 Å². The van der Waals surface area contributed by atoms with Crippen LogP contribution in [0.4, 0.5) is 0 Å². The SMILES string of the molecule is CCN(CC1CC1)C(CN)C1CCOCC1. The predicted molar refractivity (Wildman–Crippen MR) is 66.4 cm³/mol. The summed E-state index contributed by atoms with van der Waals surface area (Å²) >= 11 is 0. The Bertz CT molecular complexity index is 200. The fourth-order valence-corrected chi connectivity index (χ4v) is 2.87. The Hall–Kier alpha value is -0.120. The zero-order valence-electron chi connectivity index (χ0n) is 10.5. The summed E-state index contributed by atoms with van der Waals surface area (Å²) in [4.78, 5) is 2.62. The topological polar surface area (TPSA) is 38.5 Å². The molecular formula is C13H26N2O. The van der Waals surface area contributed by atoms with Gasteiger partial charge in [-0.25, -0.2) is 0 Å². The predicted octanol–water partition coefficient (Wildman–Crippen LogP) is 1.47. The van der Waals surface area contributed by atoms with Crippen molar-refractivity contribution in [3.63, 3.8) is 0 Å². The van der Waals surface area contributed by atoms with E-state index in [2.05, 4.69) is 11.8 Å². The van der Waals surface area contributed by atoms with E-state index in [1.807, 2.05) is 0 Å². The van der Waals surface area contributed by atoms with Gasteiger partial charge in [-0.15, -0.1) is 0 Å². The number of nitrogens with two attached hydrogens (primary N) is 1. The summed E-state index contributed by atoms with van der Waals surface area (Å²) in [6.07, 6.45) is 5.26. The van der Waals surface area contributed by atoms with Crippen LogP contribution in [0.15, 0.2) is 0 Å². The molecule has 2 aliphatic rings. The lowest BCUT2D eigenvalue weighted by Crippen LogP contribution is -2.47. The highest BCUT2D eigenvalue weighted by atomic mass is 16.5. The van der Waals surface area contributed by atoms with Gasteiger partial charge >= 0.3 is 0 Å². The van der Waals surface area contributed by atoms with Crippen molar-refractivity contribution in [3.05, 3.63) is 0 Å². The molecular weight excluding hydrogens is 200 g/mol. The van der Waals surface area contributed by atoms with Gasteiger partial charge in [0.1, 0.15) is 0 Å². The van der Waals surface area contributed by atoms with Gasteiger partial charge in [-0.2, -0.15) is 0 Å². The first-order valence-electron chi connectivity index (χ1n) is 6.87. The molecule has 0 amide bonds. The van der Waals surface area contributed by atoms with Crippen LogP contribution in [0.1, 0.15) is 32.6 Å². The Balaban J connectivity index is 1.88. The number of hydrogen-bond acceptors (Lipinski definition) is 3. The zero-order valence-corrected chi connectivity index (χ0v) is 10.5. The van der Waals surface area contributed by atoms with Crippen LogP contribution in [-0.4, -0.2) is 43.8 Å². The minimum Gasteiger partial charge on any atom is -0.381 e.